The molecule has 2 N–H and O–H groups in total. The predicted molar refractivity (Wildman–Crippen MR) is 113 cm³/mol. The summed E-state index contributed by atoms with van der Waals surface area (Å²) < 4.78 is 47.5. The van der Waals surface area contributed by atoms with Gasteiger partial charge in [-0.1, -0.05) is 17.7 Å². The minimum atomic E-state index is -4.11. The number of pyridine rings is 1. The highest BCUT2D eigenvalue weighted by Gasteiger charge is 2.41. The Labute approximate surface area is 175 Å². The van der Waals surface area contributed by atoms with Crippen LogP contribution in [0.15, 0.2) is 47.6 Å². The van der Waals surface area contributed by atoms with Crippen LogP contribution in [0.25, 0.3) is 11.0 Å². The summed E-state index contributed by atoms with van der Waals surface area (Å²) in [6, 6.07) is 7.26. The van der Waals surface area contributed by atoms with Crippen LogP contribution >= 0.6 is 0 Å². The second-order valence-electron chi connectivity index (χ2n) is 8.23. The summed E-state index contributed by atoms with van der Waals surface area (Å²) in [5, 5.41) is 20.8. The molecule has 10 heteroatoms. The number of aliphatic hydroxyl groups is 1. The minimum Gasteiger partial charge on any atom is -0.423 e. The number of aryl methyl sites for hydroxylation is 1. The third kappa shape index (κ3) is 3.88. The third-order valence-electron chi connectivity index (χ3n) is 5.36. The molecule has 0 amide bonds. The van der Waals surface area contributed by atoms with E-state index < -0.39 is 34.2 Å². The van der Waals surface area contributed by atoms with Gasteiger partial charge >= 0.3 is 7.12 Å². The Morgan fingerprint density at radius 3 is 2.30 bits per heavy atom. The first-order valence-corrected chi connectivity index (χ1v) is 10.8. The zero-order valence-corrected chi connectivity index (χ0v) is 18.2. The third-order valence-corrected chi connectivity index (χ3v) is 7.02. The highest BCUT2D eigenvalue weighted by Crippen LogP contribution is 2.27. The fraction of sp³-hybridized carbons (Fsp3) is 0.350. The maximum Gasteiger partial charge on any atom is 0.494 e. The monoisotopic (exact) mass is 434 g/mol. The Hall–Kier alpha value is -2.27. The molecule has 0 aliphatic heterocycles. The molecule has 2 heterocycles. The zero-order chi connectivity index (χ0) is 22.5. The summed E-state index contributed by atoms with van der Waals surface area (Å²) in [6.07, 6.45) is 2.25. The average molecular weight is 434 g/mol. The van der Waals surface area contributed by atoms with Gasteiger partial charge in [-0.25, -0.2) is 21.8 Å². The van der Waals surface area contributed by atoms with Gasteiger partial charge in [-0.2, -0.15) is 0 Å². The summed E-state index contributed by atoms with van der Waals surface area (Å²) in [5.74, 6) is -0.753. The van der Waals surface area contributed by atoms with E-state index in [0.717, 1.165) is 28.0 Å². The second kappa shape index (κ2) is 7.45. The number of aromatic nitrogens is 2. The van der Waals surface area contributed by atoms with Crippen molar-refractivity contribution in [3.8, 4) is 0 Å². The Balaban J connectivity index is 2.18. The van der Waals surface area contributed by atoms with Crippen LogP contribution in [-0.4, -0.2) is 45.8 Å². The first-order valence-electron chi connectivity index (χ1n) is 9.31. The van der Waals surface area contributed by atoms with Crippen LogP contribution in [0.3, 0.4) is 0 Å². The molecule has 160 valence electrons. The SMILES string of the molecule is Cc1ccc(S(=O)(=O)n2cc(B(O)OC(C)(C)C(C)(C)O)c3c(F)ccnc32)cc1. The van der Waals surface area contributed by atoms with E-state index in [9.17, 15) is 22.9 Å². The second-order valence-corrected chi connectivity index (χ2v) is 10.0. The van der Waals surface area contributed by atoms with Crippen LogP contribution < -0.4 is 5.46 Å². The minimum absolute atomic E-state index is 0.00478. The molecule has 3 rings (SSSR count). The molecule has 0 saturated heterocycles. The molecule has 0 saturated carbocycles. The summed E-state index contributed by atoms with van der Waals surface area (Å²) in [6.45, 7) is 7.97. The van der Waals surface area contributed by atoms with Gasteiger partial charge in [0.1, 0.15) is 5.82 Å². The van der Waals surface area contributed by atoms with E-state index >= 15 is 0 Å². The number of fused-ring (bicyclic) bond motifs is 1. The van der Waals surface area contributed by atoms with Crippen molar-refractivity contribution in [1.82, 2.24) is 8.96 Å². The van der Waals surface area contributed by atoms with Gasteiger partial charge in [0.15, 0.2) is 5.65 Å². The number of rotatable bonds is 6. The van der Waals surface area contributed by atoms with E-state index in [4.69, 9.17) is 4.65 Å². The Morgan fingerprint density at radius 2 is 1.73 bits per heavy atom. The fourth-order valence-corrected chi connectivity index (χ4v) is 4.12. The highest BCUT2D eigenvalue weighted by molar-refractivity contribution is 7.90. The van der Waals surface area contributed by atoms with Gasteiger partial charge in [-0.05, 0) is 52.8 Å². The van der Waals surface area contributed by atoms with E-state index in [2.05, 4.69) is 4.98 Å². The fourth-order valence-electron chi connectivity index (χ4n) is 2.80. The number of nitrogens with zero attached hydrogens (tertiary/aromatic N) is 2. The van der Waals surface area contributed by atoms with Crippen molar-refractivity contribution in [2.45, 2.75) is 50.7 Å². The highest BCUT2D eigenvalue weighted by atomic mass is 32.2. The molecule has 0 aliphatic rings. The van der Waals surface area contributed by atoms with Crippen molar-refractivity contribution in [3.05, 3.63) is 54.1 Å². The van der Waals surface area contributed by atoms with Gasteiger partial charge in [0.25, 0.3) is 10.0 Å². The van der Waals surface area contributed by atoms with E-state index in [1.165, 1.54) is 26.0 Å². The Bertz CT molecular complexity index is 1180. The number of halogens is 1. The molecule has 0 aliphatic carbocycles. The molecular weight excluding hydrogens is 410 g/mol. The van der Waals surface area contributed by atoms with E-state index in [1.807, 2.05) is 6.92 Å². The molecule has 0 fully saturated rings. The first kappa shape index (κ1) is 22.4. The van der Waals surface area contributed by atoms with Gasteiger partial charge in [0.05, 0.1) is 21.5 Å². The van der Waals surface area contributed by atoms with Crippen LogP contribution in [-0.2, 0) is 14.7 Å². The lowest BCUT2D eigenvalue weighted by Crippen LogP contribution is -2.53. The molecular formula is C20H24BFN2O5S. The molecule has 0 radical (unpaired) electrons. The smallest absolute Gasteiger partial charge is 0.423 e. The van der Waals surface area contributed by atoms with Crippen molar-refractivity contribution in [2.75, 3.05) is 0 Å². The number of benzene rings is 1. The van der Waals surface area contributed by atoms with Crippen molar-refractivity contribution in [2.24, 2.45) is 0 Å². The van der Waals surface area contributed by atoms with Crippen LogP contribution in [0.5, 0.6) is 0 Å². The molecule has 7 nitrogen and oxygen atoms in total. The Morgan fingerprint density at radius 1 is 1.13 bits per heavy atom. The average Bonchev–Trinajstić information content (AvgIpc) is 3.03. The van der Waals surface area contributed by atoms with E-state index in [-0.39, 0.29) is 21.4 Å². The van der Waals surface area contributed by atoms with Gasteiger partial charge in [-0.15, -0.1) is 0 Å². The standard InChI is InChI=1S/C20H24BFN2O5S/c1-13-6-8-14(9-7-13)30(27,28)24-12-15(17-16(22)10-11-23-18(17)24)21(26)29-20(4,5)19(2,3)25/h6-12,25-26H,1-5H3. The van der Waals surface area contributed by atoms with Crippen LogP contribution in [0.4, 0.5) is 4.39 Å². The van der Waals surface area contributed by atoms with E-state index in [1.54, 1.807) is 26.0 Å². The summed E-state index contributed by atoms with van der Waals surface area (Å²) in [5.41, 5.74) is -1.96. The topological polar surface area (TPSA) is 102 Å². The van der Waals surface area contributed by atoms with Crippen molar-refractivity contribution < 1.29 is 27.6 Å². The molecule has 0 spiro atoms. The lowest BCUT2D eigenvalue weighted by molar-refractivity contribution is -0.0982. The summed E-state index contributed by atoms with van der Waals surface area (Å²) in [7, 11) is -5.82. The molecule has 3 aromatic rings. The van der Waals surface area contributed by atoms with Crippen LogP contribution in [0.1, 0.15) is 33.3 Å². The molecule has 1 aromatic carbocycles. The molecule has 2 aromatic heterocycles. The summed E-state index contributed by atoms with van der Waals surface area (Å²) >= 11 is 0. The molecule has 0 atom stereocenters. The first-order chi connectivity index (χ1) is 13.8. The maximum absolute atomic E-state index is 14.7. The lowest BCUT2D eigenvalue weighted by atomic mass is 9.76. The lowest BCUT2D eigenvalue weighted by Gasteiger charge is -2.38. The maximum atomic E-state index is 14.7. The largest absolute Gasteiger partial charge is 0.494 e. The Kier molecular flexibility index (Phi) is 5.57. The molecule has 0 bridgehead atoms. The van der Waals surface area contributed by atoms with Crippen molar-refractivity contribution >= 4 is 33.6 Å². The summed E-state index contributed by atoms with van der Waals surface area (Å²) in [4.78, 5) is 4.02. The quantitative estimate of drug-likeness (QED) is 0.576. The van der Waals surface area contributed by atoms with Crippen LogP contribution in [0, 0.1) is 12.7 Å². The van der Waals surface area contributed by atoms with Gasteiger partial charge < -0.3 is 14.8 Å². The van der Waals surface area contributed by atoms with Crippen molar-refractivity contribution in [3.63, 3.8) is 0 Å². The normalized spacial score (nSPS) is 13.1. The molecule has 0 unspecified atom stereocenters. The number of hydrogen-bond acceptors (Lipinski definition) is 6. The molecule has 30 heavy (non-hydrogen) atoms. The zero-order valence-electron chi connectivity index (χ0n) is 17.4. The van der Waals surface area contributed by atoms with E-state index in [0.29, 0.717) is 0 Å². The van der Waals surface area contributed by atoms with Crippen LogP contribution in [0.2, 0.25) is 0 Å². The van der Waals surface area contributed by atoms with Gasteiger partial charge in [0, 0.05) is 17.9 Å². The van der Waals surface area contributed by atoms with Gasteiger partial charge in [0.2, 0.25) is 0 Å². The van der Waals surface area contributed by atoms with Gasteiger partial charge in [-0.3, -0.25) is 0 Å². The number of hydrogen-bond donors (Lipinski definition) is 2. The van der Waals surface area contributed by atoms with Crippen molar-refractivity contribution in [1.29, 1.82) is 0 Å². The predicted octanol–water partition coefficient (Wildman–Crippen LogP) is 1.97.